The third-order valence-corrected chi connectivity index (χ3v) is 3.33. The summed E-state index contributed by atoms with van der Waals surface area (Å²) in [5.41, 5.74) is 1.74. The lowest BCUT2D eigenvalue weighted by molar-refractivity contribution is -0.118. The molecule has 0 fully saturated rings. The molecule has 2 rings (SSSR count). The van der Waals surface area contributed by atoms with Crippen LogP contribution in [0.25, 0.3) is 0 Å². The van der Waals surface area contributed by atoms with Gasteiger partial charge in [-0.15, -0.1) is 0 Å². The molecule has 0 bridgehead atoms. The van der Waals surface area contributed by atoms with Crippen LogP contribution in [0.1, 0.15) is 19.6 Å². The fourth-order valence-corrected chi connectivity index (χ4v) is 2.09. The number of carbonyl (C=O) groups is 1. The van der Waals surface area contributed by atoms with Gasteiger partial charge in [0.1, 0.15) is 5.76 Å². The van der Waals surface area contributed by atoms with Crippen LogP contribution in [0, 0.1) is 9.68 Å². The number of hydrogen-bond donors (Lipinski definition) is 2. The Balaban J connectivity index is 1.97. The lowest BCUT2D eigenvalue weighted by Gasteiger charge is -2.10. The molecule has 0 radical (unpaired) electrons. The first-order valence-electron chi connectivity index (χ1n) is 6.43. The topological polar surface area (TPSA) is 54.3 Å². The molecule has 1 aromatic heterocycles. The van der Waals surface area contributed by atoms with E-state index < -0.39 is 0 Å². The van der Waals surface area contributed by atoms with Gasteiger partial charge in [-0.2, -0.15) is 0 Å². The molecule has 4 nitrogen and oxygen atoms in total. The van der Waals surface area contributed by atoms with E-state index in [1.165, 1.54) is 0 Å². The summed E-state index contributed by atoms with van der Waals surface area (Å²) in [4.78, 5) is 11.7. The summed E-state index contributed by atoms with van der Waals surface area (Å²) in [6.07, 6.45) is 0. The Hall–Kier alpha value is -1.50. The maximum Gasteiger partial charge on any atom is 0.226 e. The smallest absolute Gasteiger partial charge is 0.226 e. The average Bonchev–Trinajstić information content (AvgIpc) is 2.82. The Morgan fingerprint density at radius 3 is 2.65 bits per heavy atom. The summed E-state index contributed by atoms with van der Waals surface area (Å²) in [5, 5.41) is 6.15. The van der Waals surface area contributed by atoms with Gasteiger partial charge in [-0.1, -0.05) is 19.9 Å². The number of anilines is 2. The van der Waals surface area contributed by atoms with Crippen LogP contribution in [0.3, 0.4) is 0 Å². The van der Waals surface area contributed by atoms with E-state index in [2.05, 4.69) is 33.2 Å². The molecule has 0 saturated heterocycles. The highest BCUT2D eigenvalue weighted by Gasteiger charge is 2.07. The summed E-state index contributed by atoms with van der Waals surface area (Å²) < 4.78 is 6.36. The molecule has 1 amide bonds. The molecule has 20 heavy (non-hydrogen) atoms. The lowest BCUT2D eigenvalue weighted by atomic mass is 10.2. The molecular weight excluding hydrogens is 367 g/mol. The van der Waals surface area contributed by atoms with Crippen LogP contribution in [0.2, 0.25) is 0 Å². The van der Waals surface area contributed by atoms with Crippen LogP contribution in [-0.2, 0) is 11.3 Å². The molecule has 0 aliphatic carbocycles. The molecule has 0 aliphatic heterocycles. The van der Waals surface area contributed by atoms with Crippen molar-refractivity contribution in [3.63, 3.8) is 0 Å². The minimum Gasteiger partial charge on any atom is -0.454 e. The molecule has 1 heterocycles. The minimum absolute atomic E-state index is 0.0164. The quantitative estimate of drug-likeness (QED) is 0.764. The number of rotatable bonds is 5. The largest absolute Gasteiger partial charge is 0.454 e. The Kier molecular flexibility index (Phi) is 5.05. The van der Waals surface area contributed by atoms with Gasteiger partial charge in [0.2, 0.25) is 5.91 Å². The van der Waals surface area contributed by atoms with Gasteiger partial charge in [-0.25, -0.2) is 0 Å². The number of carbonyl (C=O) groups excluding carboxylic acids is 1. The zero-order chi connectivity index (χ0) is 14.5. The first-order chi connectivity index (χ1) is 9.54. The second-order valence-electron chi connectivity index (χ2n) is 4.78. The first-order valence-corrected chi connectivity index (χ1v) is 7.51. The number of amides is 1. The van der Waals surface area contributed by atoms with E-state index in [1.54, 1.807) is 0 Å². The summed E-state index contributed by atoms with van der Waals surface area (Å²) in [7, 11) is 0. The highest BCUT2D eigenvalue weighted by atomic mass is 127. The van der Waals surface area contributed by atoms with E-state index >= 15 is 0 Å². The summed E-state index contributed by atoms with van der Waals surface area (Å²) in [6.45, 7) is 4.36. The molecule has 0 aliphatic rings. The number of nitrogens with one attached hydrogen (secondary N) is 2. The molecule has 106 valence electrons. The zero-order valence-corrected chi connectivity index (χ0v) is 13.6. The molecule has 1 aromatic carbocycles. The zero-order valence-electron chi connectivity index (χ0n) is 11.4. The van der Waals surface area contributed by atoms with Gasteiger partial charge >= 0.3 is 0 Å². The Morgan fingerprint density at radius 2 is 2.00 bits per heavy atom. The van der Waals surface area contributed by atoms with Crippen LogP contribution >= 0.6 is 22.6 Å². The third-order valence-electron chi connectivity index (χ3n) is 2.75. The van der Waals surface area contributed by atoms with Gasteiger partial charge in [-0.05, 0) is 52.9 Å². The normalized spacial score (nSPS) is 10.6. The van der Waals surface area contributed by atoms with Crippen LogP contribution in [-0.4, -0.2) is 5.91 Å². The fourth-order valence-electron chi connectivity index (χ4n) is 1.63. The van der Waals surface area contributed by atoms with E-state index in [4.69, 9.17) is 4.42 Å². The van der Waals surface area contributed by atoms with Crippen molar-refractivity contribution >= 4 is 39.9 Å². The van der Waals surface area contributed by atoms with E-state index in [1.807, 2.05) is 50.2 Å². The highest BCUT2D eigenvalue weighted by molar-refractivity contribution is 14.1. The maximum atomic E-state index is 11.7. The maximum absolute atomic E-state index is 11.7. The number of hydrogen-bond acceptors (Lipinski definition) is 3. The molecule has 5 heteroatoms. The van der Waals surface area contributed by atoms with Crippen molar-refractivity contribution in [1.82, 2.24) is 0 Å². The lowest BCUT2D eigenvalue weighted by Crippen LogP contribution is -2.17. The monoisotopic (exact) mass is 384 g/mol. The minimum atomic E-state index is -0.0307. The Labute approximate surface area is 132 Å². The van der Waals surface area contributed by atoms with E-state index in [0.29, 0.717) is 6.54 Å². The van der Waals surface area contributed by atoms with Crippen LogP contribution in [0.5, 0.6) is 0 Å². The average molecular weight is 384 g/mol. The van der Waals surface area contributed by atoms with Gasteiger partial charge in [0, 0.05) is 17.3 Å². The van der Waals surface area contributed by atoms with E-state index in [-0.39, 0.29) is 11.8 Å². The van der Waals surface area contributed by atoms with Gasteiger partial charge in [0.15, 0.2) is 3.77 Å². The third kappa shape index (κ3) is 4.26. The SMILES string of the molecule is CC(C)C(=O)Nc1cccc(NCc2ccc(I)o2)c1. The van der Waals surface area contributed by atoms with Crippen molar-refractivity contribution in [3.05, 3.63) is 45.9 Å². The van der Waals surface area contributed by atoms with Crippen molar-refractivity contribution in [1.29, 1.82) is 0 Å². The molecule has 2 N–H and O–H groups in total. The van der Waals surface area contributed by atoms with Crippen molar-refractivity contribution in [2.75, 3.05) is 10.6 Å². The first kappa shape index (κ1) is 14.9. The van der Waals surface area contributed by atoms with Gasteiger partial charge in [0.25, 0.3) is 0 Å². The molecule has 0 unspecified atom stereocenters. The van der Waals surface area contributed by atoms with Crippen LogP contribution in [0.4, 0.5) is 11.4 Å². The standard InChI is InChI=1S/C15H17IN2O2/c1-10(2)15(19)18-12-5-3-4-11(8-12)17-9-13-6-7-14(16)20-13/h3-8,10,17H,9H2,1-2H3,(H,18,19). The van der Waals surface area contributed by atoms with Crippen molar-refractivity contribution in [2.24, 2.45) is 5.92 Å². The molecule has 0 atom stereocenters. The van der Waals surface area contributed by atoms with Crippen molar-refractivity contribution < 1.29 is 9.21 Å². The van der Waals surface area contributed by atoms with Gasteiger partial charge in [0.05, 0.1) is 6.54 Å². The number of furan rings is 1. The molecule has 0 saturated carbocycles. The van der Waals surface area contributed by atoms with Crippen LogP contribution < -0.4 is 10.6 Å². The van der Waals surface area contributed by atoms with Gasteiger partial charge in [-0.3, -0.25) is 4.79 Å². The second-order valence-corrected chi connectivity index (χ2v) is 5.85. The summed E-state index contributed by atoms with van der Waals surface area (Å²) in [5.74, 6) is 0.866. The Bertz CT molecular complexity index is 593. The van der Waals surface area contributed by atoms with E-state index in [9.17, 15) is 4.79 Å². The van der Waals surface area contributed by atoms with Crippen molar-refractivity contribution in [2.45, 2.75) is 20.4 Å². The second kappa shape index (κ2) is 6.78. The molecular formula is C15H17IN2O2. The molecule has 0 spiro atoms. The summed E-state index contributed by atoms with van der Waals surface area (Å²) >= 11 is 2.14. The number of benzene rings is 1. The fraction of sp³-hybridized carbons (Fsp3) is 0.267. The Morgan fingerprint density at radius 1 is 1.25 bits per heavy atom. The number of halogens is 1. The van der Waals surface area contributed by atoms with Gasteiger partial charge < -0.3 is 15.1 Å². The predicted molar refractivity (Wildman–Crippen MR) is 88.7 cm³/mol. The molecule has 2 aromatic rings. The summed E-state index contributed by atoms with van der Waals surface area (Å²) in [6, 6.07) is 11.5. The van der Waals surface area contributed by atoms with Crippen LogP contribution in [0.15, 0.2) is 40.8 Å². The highest BCUT2D eigenvalue weighted by Crippen LogP contribution is 2.17. The predicted octanol–water partition coefficient (Wildman–Crippen LogP) is 4.09. The van der Waals surface area contributed by atoms with Crippen molar-refractivity contribution in [3.8, 4) is 0 Å². The van der Waals surface area contributed by atoms with E-state index in [0.717, 1.165) is 20.9 Å².